The van der Waals surface area contributed by atoms with Crippen LogP contribution in [0.4, 0.5) is 10.5 Å². The molecule has 1 aromatic rings. The number of aryl methyl sites for hydroxylation is 2. The van der Waals surface area contributed by atoms with Gasteiger partial charge >= 0.3 is 12.0 Å². The topological polar surface area (TPSA) is 105 Å². The van der Waals surface area contributed by atoms with Crippen molar-refractivity contribution in [2.45, 2.75) is 39.2 Å². The zero-order chi connectivity index (χ0) is 19.8. The third-order valence-corrected chi connectivity index (χ3v) is 4.85. The predicted molar refractivity (Wildman–Crippen MR) is 96.9 cm³/mol. The fourth-order valence-electron chi connectivity index (χ4n) is 3.36. The first-order valence-corrected chi connectivity index (χ1v) is 8.87. The molecule has 8 heteroatoms. The number of anilines is 1. The molecule has 2 fully saturated rings. The van der Waals surface area contributed by atoms with Crippen LogP contribution in [0.5, 0.6) is 0 Å². The minimum Gasteiger partial charge on any atom is -0.454 e. The molecule has 1 saturated heterocycles. The first-order chi connectivity index (χ1) is 12.7. The zero-order valence-electron chi connectivity index (χ0n) is 15.6. The smallest absolute Gasteiger partial charge is 0.326 e. The number of hydrogen-bond donors (Lipinski definition) is 2. The Balaban J connectivity index is 1.50. The second-order valence-corrected chi connectivity index (χ2v) is 7.38. The molecule has 2 N–H and O–H groups in total. The monoisotopic (exact) mass is 373 g/mol. The van der Waals surface area contributed by atoms with E-state index in [4.69, 9.17) is 4.74 Å². The van der Waals surface area contributed by atoms with Crippen molar-refractivity contribution < 1.29 is 23.9 Å². The molecule has 1 aliphatic carbocycles. The number of ether oxygens (including phenoxy) is 1. The van der Waals surface area contributed by atoms with Gasteiger partial charge < -0.3 is 15.4 Å². The average molecular weight is 373 g/mol. The summed E-state index contributed by atoms with van der Waals surface area (Å²) < 4.78 is 4.91. The predicted octanol–water partition coefficient (Wildman–Crippen LogP) is 1.51. The number of imide groups is 1. The standard InChI is InChI=1S/C19H23N3O5/c1-11-6-12(2)8-14(7-11)20-15(23)10-27-16(24)9-22-17(25)19(3,13-4-5-13)21-18(22)26/h6-8,13H,4-5,9-10H2,1-3H3,(H,20,23)(H,21,26)/t19-/m0/s1. The summed E-state index contributed by atoms with van der Waals surface area (Å²) in [5.41, 5.74) is 1.67. The van der Waals surface area contributed by atoms with E-state index in [0.29, 0.717) is 5.69 Å². The number of carbonyl (C=O) groups is 4. The van der Waals surface area contributed by atoms with E-state index in [0.717, 1.165) is 28.9 Å². The normalized spacial score (nSPS) is 21.8. The summed E-state index contributed by atoms with van der Waals surface area (Å²) in [4.78, 5) is 49.3. The van der Waals surface area contributed by atoms with Gasteiger partial charge in [-0.1, -0.05) is 6.07 Å². The van der Waals surface area contributed by atoms with Crippen LogP contribution >= 0.6 is 0 Å². The largest absolute Gasteiger partial charge is 0.454 e. The molecule has 1 atom stereocenters. The van der Waals surface area contributed by atoms with Crippen molar-refractivity contribution >= 4 is 29.5 Å². The van der Waals surface area contributed by atoms with Gasteiger partial charge in [0.05, 0.1) is 0 Å². The average Bonchev–Trinajstić information content (AvgIpc) is 3.38. The minimum absolute atomic E-state index is 0.110. The van der Waals surface area contributed by atoms with Crippen LogP contribution in [0.2, 0.25) is 0 Å². The molecule has 1 saturated carbocycles. The molecule has 0 aromatic heterocycles. The van der Waals surface area contributed by atoms with Gasteiger partial charge in [0.2, 0.25) is 0 Å². The first-order valence-electron chi connectivity index (χ1n) is 8.87. The van der Waals surface area contributed by atoms with Gasteiger partial charge in [-0.05, 0) is 62.8 Å². The molecule has 0 spiro atoms. The SMILES string of the molecule is Cc1cc(C)cc(NC(=O)COC(=O)CN2C(=O)N[C@@](C)(C3CC3)C2=O)c1. The van der Waals surface area contributed by atoms with Crippen molar-refractivity contribution in [3.05, 3.63) is 29.3 Å². The van der Waals surface area contributed by atoms with Gasteiger partial charge in [0.15, 0.2) is 6.61 Å². The number of rotatable bonds is 6. The van der Waals surface area contributed by atoms with E-state index in [1.165, 1.54) is 0 Å². The van der Waals surface area contributed by atoms with Crippen molar-refractivity contribution in [3.63, 3.8) is 0 Å². The van der Waals surface area contributed by atoms with Crippen LogP contribution in [0.25, 0.3) is 0 Å². The number of nitrogens with one attached hydrogen (secondary N) is 2. The number of esters is 1. The van der Waals surface area contributed by atoms with Crippen LogP contribution in [0.15, 0.2) is 18.2 Å². The molecule has 144 valence electrons. The minimum atomic E-state index is -0.947. The molecule has 0 radical (unpaired) electrons. The quantitative estimate of drug-likeness (QED) is 0.581. The summed E-state index contributed by atoms with van der Waals surface area (Å²) in [6.07, 6.45) is 1.75. The number of nitrogens with zero attached hydrogens (tertiary/aromatic N) is 1. The highest BCUT2D eigenvalue weighted by Crippen LogP contribution is 2.42. The Morgan fingerprint density at radius 3 is 2.44 bits per heavy atom. The van der Waals surface area contributed by atoms with Gasteiger partial charge in [-0.25, -0.2) is 4.79 Å². The second-order valence-electron chi connectivity index (χ2n) is 7.38. The van der Waals surface area contributed by atoms with E-state index in [2.05, 4.69) is 10.6 Å². The number of hydrogen-bond acceptors (Lipinski definition) is 5. The van der Waals surface area contributed by atoms with Crippen molar-refractivity contribution in [2.75, 3.05) is 18.5 Å². The molecule has 0 unspecified atom stereocenters. The lowest BCUT2D eigenvalue weighted by atomic mass is 9.96. The number of urea groups is 1. The Kier molecular flexibility index (Phi) is 4.91. The van der Waals surface area contributed by atoms with Crippen LogP contribution in [-0.2, 0) is 19.1 Å². The molecular weight excluding hydrogens is 350 g/mol. The van der Waals surface area contributed by atoms with E-state index in [1.54, 1.807) is 19.1 Å². The zero-order valence-corrected chi connectivity index (χ0v) is 15.6. The van der Waals surface area contributed by atoms with Crippen LogP contribution < -0.4 is 10.6 Å². The molecule has 0 bridgehead atoms. The van der Waals surface area contributed by atoms with E-state index >= 15 is 0 Å². The van der Waals surface area contributed by atoms with Gasteiger partial charge in [-0.2, -0.15) is 0 Å². The van der Waals surface area contributed by atoms with Crippen molar-refractivity contribution in [3.8, 4) is 0 Å². The summed E-state index contributed by atoms with van der Waals surface area (Å²) in [7, 11) is 0. The van der Waals surface area contributed by atoms with Crippen LogP contribution in [0, 0.1) is 19.8 Å². The lowest BCUT2D eigenvalue weighted by Crippen LogP contribution is -2.46. The maximum absolute atomic E-state index is 12.5. The number of benzene rings is 1. The lowest BCUT2D eigenvalue weighted by molar-refractivity contribution is -0.150. The number of carbonyl (C=O) groups excluding carboxylic acids is 4. The van der Waals surface area contributed by atoms with Crippen LogP contribution in [-0.4, -0.2) is 47.4 Å². The first kappa shape index (κ1) is 18.9. The Morgan fingerprint density at radius 1 is 1.22 bits per heavy atom. The Hall–Kier alpha value is -2.90. The second kappa shape index (κ2) is 7.02. The molecule has 1 heterocycles. The van der Waals surface area contributed by atoms with E-state index in [9.17, 15) is 19.2 Å². The van der Waals surface area contributed by atoms with Gasteiger partial charge in [0.25, 0.3) is 11.8 Å². The fraction of sp³-hybridized carbons (Fsp3) is 0.474. The summed E-state index contributed by atoms with van der Waals surface area (Å²) in [6.45, 7) is 4.50. The van der Waals surface area contributed by atoms with E-state index in [1.807, 2.05) is 19.9 Å². The highest BCUT2D eigenvalue weighted by Gasteiger charge is 2.56. The molecule has 1 aliphatic heterocycles. The van der Waals surface area contributed by atoms with Gasteiger partial charge in [-0.3, -0.25) is 19.3 Å². The van der Waals surface area contributed by atoms with Gasteiger partial charge in [0, 0.05) is 5.69 Å². The van der Waals surface area contributed by atoms with Crippen molar-refractivity contribution in [1.82, 2.24) is 10.2 Å². The maximum atomic E-state index is 12.5. The Bertz CT molecular complexity index is 797. The molecule has 3 rings (SSSR count). The highest BCUT2D eigenvalue weighted by atomic mass is 16.5. The molecular formula is C19H23N3O5. The summed E-state index contributed by atoms with van der Waals surface area (Å²) in [5.74, 6) is -1.62. The van der Waals surface area contributed by atoms with E-state index < -0.39 is 42.5 Å². The van der Waals surface area contributed by atoms with Gasteiger partial charge in [0.1, 0.15) is 12.1 Å². The lowest BCUT2D eigenvalue weighted by Gasteiger charge is -2.20. The highest BCUT2D eigenvalue weighted by molar-refractivity contribution is 6.09. The molecule has 2 aliphatic rings. The molecule has 1 aromatic carbocycles. The summed E-state index contributed by atoms with van der Waals surface area (Å²) >= 11 is 0. The van der Waals surface area contributed by atoms with Crippen molar-refractivity contribution in [2.24, 2.45) is 5.92 Å². The van der Waals surface area contributed by atoms with E-state index in [-0.39, 0.29) is 5.92 Å². The van der Waals surface area contributed by atoms with Crippen LogP contribution in [0.1, 0.15) is 30.9 Å². The Morgan fingerprint density at radius 2 is 1.85 bits per heavy atom. The fourth-order valence-corrected chi connectivity index (χ4v) is 3.36. The third kappa shape index (κ3) is 4.10. The maximum Gasteiger partial charge on any atom is 0.326 e. The molecule has 27 heavy (non-hydrogen) atoms. The molecule has 4 amide bonds. The number of amides is 4. The van der Waals surface area contributed by atoms with Gasteiger partial charge in [-0.15, -0.1) is 0 Å². The summed E-state index contributed by atoms with van der Waals surface area (Å²) in [5, 5.41) is 5.31. The molecule has 8 nitrogen and oxygen atoms in total. The van der Waals surface area contributed by atoms with Crippen LogP contribution in [0.3, 0.4) is 0 Å². The Labute approximate surface area is 157 Å². The third-order valence-electron chi connectivity index (χ3n) is 4.85. The van der Waals surface area contributed by atoms with Crippen molar-refractivity contribution in [1.29, 1.82) is 0 Å². The summed E-state index contributed by atoms with van der Waals surface area (Å²) in [6, 6.07) is 4.98.